The maximum absolute atomic E-state index is 6.08. The van der Waals surface area contributed by atoms with Crippen molar-refractivity contribution in [2.75, 3.05) is 0 Å². The van der Waals surface area contributed by atoms with Crippen molar-refractivity contribution in [3.8, 4) is 0 Å². The molecule has 1 aromatic carbocycles. The first-order valence-corrected chi connectivity index (χ1v) is 4.91. The Kier molecular flexibility index (Phi) is 3.61. The highest BCUT2D eigenvalue weighted by Gasteiger charge is 2.08. The van der Waals surface area contributed by atoms with Crippen LogP contribution in [0.2, 0.25) is 5.02 Å². The van der Waals surface area contributed by atoms with Crippen molar-refractivity contribution in [3.63, 3.8) is 0 Å². The fraction of sp³-hybridized carbons (Fsp3) is 0.455. The molecule has 0 saturated heterocycles. The van der Waals surface area contributed by atoms with E-state index in [1.54, 1.807) is 0 Å². The normalized spacial score (nSPS) is 10.7. The minimum absolute atomic E-state index is 0.624. The van der Waals surface area contributed by atoms with Crippen molar-refractivity contribution in [3.05, 3.63) is 34.9 Å². The van der Waals surface area contributed by atoms with E-state index in [9.17, 15) is 0 Å². The van der Waals surface area contributed by atoms with E-state index in [4.69, 9.17) is 11.6 Å². The van der Waals surface area contributed by atoms with Crippen molar-refractivity contribution in [1.29, 1.82) is 0 Å². The van der Waals surface area contributed by atoms with Gasteiger partial charge in [0.2, 0.25) is 0 Å². The Morgan fingerprint density at radius 1 is 1.17 bits per heavy atom. The van der Waals surface area contributed by atoms with E-state index in [2.05, 4.69) is 26.0 Å². The number of benzene rings is 1. The quantitative estimate of drug-likeness (QED) is 0.656. The minimum atomic E-state index is 0.624. The van der Waals surface area contributed by atoms with Crippen LogP contribution in [0.5, 0.6) is 0 Å². The number of rotatable bonds is 3. The third-order valence-corrected chi connectivity index (χ3v) is 2.67. The predicted octanol–water partition coefficient (Wildman–Crippen LogP) is 4.24. The van der Waals surface area contributed by atoms with Gasteiger partial charge in [-0.05, 0) is 30.4 Å². The van der Waals surface area contributed by atoms with Crippen molar-refractivity contribution in [2.24, 2.45) is 0 Å². The first-order valence-electron chi connectivity index (χ1n) is 4.54. The third kappa shape index (κ3) is 2.01. The van der Waals surface area contributed by atoms with Crippen LogP contribution in [0.15, 0.2) is 24.3 Å². The van der Waals surface area contributed by atoms with Gasteiger partial charge in [0.15, 0.2) is 0 Å². The Morgan fingerprint density at radius 2 is 1.75 bits per heavy atom. The topological polar surface area (TPSA) is 0 Å². The zero-order chi connectivity index (χ0) is 8.97. The van der Waals surface area contributed by atoms with Gasteiger partial charge in [0.1, 0.15) is 0 Å². The van der Waals surface area contributed by atoms with Gasteiger partial charge in [-0.1, -0.05) is 43.6 Å². The van der Waals surface area contributed by atoms with E-state index in [1.165, 1.54) is 18.4 Å². The molecule has 0 bridgehead atoms. The summed E-state index contributed by atoms with van der Waals surface area (Å²) in [5, 5.41) is 0.909. The molecule has 0 radical (unpaired) electrons. The van der Waals surface area contributed by atoms with Crippen LogP contribution in [0.4, 0.5) is 0 Å². The molecule has 0 nitrogen and oxygen atoms in total. The molecule has 0 heterocycles. The molecule has 1 aromatic rings. The molecule has 0 fully saturated rings. The van der Waals surface area contributed by atoms with Gasteiger partial charge in [0.25, 0.3) is 0 Å². The molecule has 66 valence electrons. The van der Waals surface area contributed by atoms with Crippen LogP contribution >= 0.6 is 11.6 Å². The molecule has 0 spiro atoms. The Morgan fingerprint density at radius 3 is 2.25 bits per heavy atom. The van der Waals surface area contributed by atoms with Gasteiger partial charge < -0.3 is 0 Å². The Labute approximate surface area is 79.6 Å². The molecule has 0 aliphatic carbocycles. The average Bonchev–Trinajstić information content (AvgIpc) is 2.10. The van der Waals surface area contributed by atoms with Gasteiger partial charge in [-0.25, -0.2) is 0 Å². The smallest absolute Gasteiger partial charge is 0.0440 e. The second-order valence-electron chi connectivity index (χ2n) is 3.03. The van der Waals surface area contributed by atoms with Crippen LogP contribution in [0.1, 0.15) is 38.2 Å². The number of hydrogen-bond acceptors (Lipinski definition) is 0. The summed E-state index contributed by atoms with van der Waals surface area (Å²) in [6.45, 7) is 4.41. The van der Waals surface area contributed by atoms with Crippen LogP contribution in [0.25, 0.3) is 0 Å². The highest BCUT2D eigenvalue weighted by atomic mass is 35.5. The summed E-state index contributed by atoms with van der Waals surface area (Å²) < 4.78 is 0. The first-order chi connectivity index (χ1) is 5.79. The van der Waals surface area contributed by atoms with E-state index in [1.807, 2.05) is 12.1 Å². The summed E-state index contributed by atoms with van der Waals surface area (Å²) in [6, 6.07) is 8.13. The van der Waals surface area contributed by atoms with E-state index in [-0.39, 0.29) is 0 Å². The van der Waals surface area contributed by atoms with Crippen LogP contribution in [-0.4, -0.2) is 0 Å². The Bertz CT molecular complexity index is 239. The van der Waals surface area contributed by atoms with Gasteiger partial charge in [0, 0.05) is 5.02 Å². The lowest BCUT2D eigenvalue weighted by Crippen LogP contribution is -1.95. The van der Waals surface area contributed by atoms with Crippen LogP contribution in [-0.2, 0) is 0 Å². The van der Waals surface area contributed by atoms with E-state index in [0.717, 1.165) is 5.02 Å². The van der Waals surface area contributed by atoms with E-state index < -0.39 is 0 Å². The maximum atomic E-state index is 6.08. The number of halogens is 1. The standard InChI is InChI=1S/C11H15Cl/c1-3-9(4-2)10-7-5-6-8-11(10)12/h5-9H,3-4H2,1-2H3. The molecule has 0 unspecified atom stereocenters. The molecule has 0 N–H and O–H groups in total. The summed E-state index contributed by atoms with van der Waals surface area (Å²) in [6.07, 6.45) is 2.33. The van der Waals surface area contributed by atoms with E-state index in [0.29, 0.717) is 5.92 Å². The lowest BCUT2D eigenvalue weighted by Gasteiger charge is -2.13. The lowest BCUT2D eigenvalue weighted by molar-refractivity contribution is 0.642. The van der Waals surface area contributed by atoms with E-state index >= 15 is 0 Å². The molecular formula is C11H15Cl. The predicted molar refractivity (Wildman–Crippen MR) is 54.8 cm³/mol. The van der Waals surface area contributed by atoms with Crippen LogP contribution in [0.3, 0.4) is 0 Å². The molecule has 0 aliphatic heterocycles. The lowest BCUT2D eigenvalue weighted by atomic mass is 9.94. The zero-order valence-corrected chi connectivity index (χ0v) is 8.43. The van der Waals surface area contributed by atoms with Crippen molar-refractivity contribution in [1.82, 2.24) is 0 Å². The summed E-state index contributed by atoms with van der Waals surface area (Å²) in [4.78, 5) is 0. The molecule has 1 heteroatoms. The zero-order valence-electron chi connectivity index (χ0n) is 7.68. The molecule has 0 amide bonds. The minimum Gasteiger partial charge on any atom is -0.0840 e. The van der Waals surface area contributed by atoms with Crippen LogP contribution < -0.4 is 0 Å². The fourth-order valence-corrected chi connectivity index (χ4v) is 1.82. The molecular weight excluding hydrogens is 168 g/mol. The fourth-order valence-electron chi connectivity index (χ4n) is 1.53. The van der Waals surface area contributed by atoms with Gasteiger partial charge in [0.05, 0.1) is 0 Å². The Balaban J connectivity index is 2.92. The highest BCUT2D eigenvalue weighted by Crippen LogP contribution is 2.28. The van der Waals surface area contributed by atoms with Gasteiger partial charge in [-0.3, -0.25) is 0 Å². The third-order valence-electron chi connectivity index (χ3n) is 2.33. The van der Waals surface area contributed by atoms with Crippen molar-refractivity contribution in [2.45, 2.75) is 32.6 Å². The molecule has 0 aliphatic rings. The molecule has 0 atom stereocenters. The number of hydrogen-bond donors (Lipinski definition) is 0. The molecule has 12 heavy (non-hydrogen) atoms. The highest BCUT2D eigenvalue weighted by molar-refractivity contribution is 6.31. The molecule has 1 rings (SSSR count). The molecule has 0 aromatic heterocycles. The Hall–Kier alpha value is -0.490. The second kappa shape index (κ2) is 4.51. The summed E-state index contributed by atoms with van der Waals surface area (Å²) in [5.74, 6) is 0.624. The summed E-state index contributed by atoms with van der Waals surface area (Å²) in [7, 11) is 0. The van der Waals surface area contributed by atoms with Crippen molar-refractivity contribution < 1.29 is 0 Å². The van der Waals surface area contributed by atoms with Gasteiger partial charge >= 0.3 is 0 Å². The first kappa shape index (κ1) is 9.60. The van der Waals surface area contributed by atoms with Crippen LogP contribution in [0, 0.1) is 0 Å². The van der Waals surface area contributed by atoms with Gasteiger partial charge in [-0.2, -0.15) is 0 Å². The summed E-state index contributed by atoms with van der Waals surface area (Å²) >= 11 is 6.08. The largest absolute Gasteiger partial charge is 0.0840 e. The average molecular weight is 183 g/mol. The van der Waals surface area contributed by atoms with Crippen molar-refractivity contribution >= 4 is 11.6 Å². The second-order valence-corrected chi connectivity index (χ2v) is 3.44. The summed E-state index contributed by atoms with van der Waals surface area (Å²) in [5.41, 5.74) is 1.30. The maximum Gasteiger partial charge on any atom is 0.0440 e. The van der Waals surface area contributed by atoms with Gasteiger partial charge in [-0.15, -0.1) is 0 Å². The SMILES string of the molecule is CCC(CC)c1ccccc1Cl. The monoisotopic (exact) mass is 182 g/mol. The molecule has 0 saturated carbocycles.